The van der Waals surface area contributed by atoms with E-state index in [-0.39, 0.29) is 0 Å². The molecule has 1 aromatic carbocycles. The molecule has 19 heavy (non-hydrogen) atoms. The summed E-state index contributed by atoms with van der Waals surface area (Å²) in [5.41, 5.74) is 0.863. The fourth-order valence-corrected chi connectivity index (χ4v) is 2.29. The lowest BCUT2D eigenvalue weighted by molar-refractivity contribution is 0.777. The first-order valence-electron chi connectivity index (χ1n) is 5.34. The molecule has 2 heterocycles. The molecule has 0 fully saturated rings. The van der Waals surface area contributed by atoms with Crippen molar-refractivity contribution in [1.29, 1.82) is 0 Å². The minimum Gasteiger partial charge on any atom is -0.254 e. The molecule has 3 aromatic rings. The summed E-state index contributed by atoms with van der Waals surface area (Å²) in [6.45, 7) is 0. The number of nitrogens with one attached hydrogen (secondary N) is 1. The molecule has 2 aromatic heterocycles. The quantitative estimate of drug-likeness (QED) is 0.737. The average Bonchev–Trinajstić information content (AvgIpc) is 3.08. The van der Waals surface area contributed by atoms with Crippen molar-refractivity contribution in [3.8, 4) is 5.69 Å². The normalized spacial score (nSPS) is 10.8. The third-order valence-corrected chi connectivity index (χ3v) is 3.46. The highest BCUT2D eigenvalue weighted by Gasteiger charge is 2.09. The van der Waals surface area contributed by atoms with Gasteiger partial charge in [0, 0.05) is 5.02 Å². The van der Waals surface area contributed by atoms with Crippen LogP contribution in [0.5, 0.6) is 0 Å². The number of H-pyrrole nitrogens is 1. The Labute approximate surface area is 117 Å². The van der Waals surface area contributed by atoms with Crippen molar-refractivity contribution < 1.29 is 0 Å². The molecule has 0 aliphatic rings. The number of halogens is 1. The van der Waals surface area contributed by atoms with Crippen molar-refractivity contribution in [3.63, 3.8) is 0 Å². The Kier molecular flexibility index (Phi) is 3.43. The Hall–Kier alpha value is -1.93. The molecule has 1 N–H and O–H groups in total. The number of nitrogens with zero attached hydrogens (tertiary/aromatic N) is 6. The van der Waals surface area contributed by atoms with Crippen molar-refractivity contribution in [2.75, 3.05) is 0 Å². The van der Waals surface area contributed by atoms with Crippen LogP contribution in [0.4, 0.5) is 0 Å². The van der Waals surface area contributed by atoms with E-state index in [2.05, 4.69) is 30.7 Å². The number of tetrazole rings is 1. The fraction of sp³-hybridized carbons (Fsp3) is 0.100. The minimum atomic E-state index is 0.588. The van der Waals surface area contributed by atoms with Crippen LogP contribution in [0.2, 0.25) is 5.02 Å². The molecule has 3 rings (SSSR count). The first-order chi connectivity index (χ1) is 9.33. The van der Waals surface area contributed by atoms with Crippen molar-refractivity contribution in [2.45, 2.75) is 10.9 Å². The van der Waals surface area contributed by atoms with E-state index >= 15 is 0 Å². The Morgan fingerprint density at radius 3 is 2.84 bits per heavy atom. The Balaban J connectivity index is 1.80. The predicted octanol–water partition coefficient (Wildman–Crippen LogP) is 1.73. The molecule has 96 valence electrons. The fourth-order valence-electron chi connectivity index (χ4n) is 1.48. The van der Waals surface area contributed by atoms with Crippen LogP contribution < -0.4 is 0 Å². The highest BCUT2D eigenvalue weighted by molar-refractivity contribution is 7.98. The van der Waals surface area contributed by atoms with Gasteiger partial charge < -0.3 is 0 Å². The molecule has 0 saturated heterocycles. The van der Waals surface area contributed by atoms with Crippen LogP contribution in [0, 0.1) is 0 Å². The van der Waals surface area contributed by atoms with Gasteiger partial charge in [0.1, 0.15) is 6.33 Å². The van der Waals surface area contributed by atoms with Crippen LogP contribution in [0.15, 0.2) is 35.7 Å². The number of hydrogen-bond donors (Lipinski definition) is 1. The van der Waals surface area contributed by atoms with E-state index in [9.17, 15) is 0 Å². The molecule has 0 bridgehead atoms. The monoisotopic (exact) mass is 293 g/mol. The Morgan fingerprint density at radius 2 is 2.11 bits per heavy atom. The maximum Gasteiger partial charge on any atom is 0.183 e. The van der Waals surface area contributed by atoms with Crippen LogP contribution >= 0.6 is 23.4 Å². The Bertz CT molecular complexity index is 649. The number of aromatic amines is 1. The third kappa shape index (κ3) is 2.74. The van der Waals surface area contributed by atoms with E-state index in [4.69, 9.17) is 11.6 Å². The average molecular weight is 294 g/mol. The molecule has 9 heteroatoms. The molecule has 0 amide bonds. The maximum absolute atomic E-state index is 5.86. The van der Waals surface area contributed by atoms with Crippen LogP contribution in [0.25, 0.3) is 5.69 Å². The van der Waals surface area contributed by atoms with Gasteiger partial charge in [-0.15, -0.1) is 5.10 Å². The van der Waals surface area contributed by atoms with E-state index < -0.39 is 0 Å². The SMILES string of the molecule is Clc1ccc(-n2nnnc2CSc2ncn[nH]2)cc1. The van der Waals surface area contributed by atoms with Gasteiger partial charge in [0.2, 0.25) is 0 Å². The summed E-state index contributed by atoms with van der Waals surface area (Å²) in [6.07, 6.45) is 1.46. The first-order valence-corrected chi connectivity index (χ1v) is 6.70. The summed E-state index contributed by atoms with van der Waals surface area (Å²) >= 11 is 7.34. The van der Waals surface area contributed by atoms with E-state index in [1.54, 1.807) is 16.8 Å². The standard InChI is InChI=1S/C10H8ClN7S/c11-7-1-3-8(4-2-7)18-9(14-16-17-18)5-19-10-12-6-13-15-10/h1-4,6H,5H2,(H,12,13,15). The molecular weight excluding hydrogens is 286 g/mol. The third-order valence-electron chi connectivity index (χ3n) is 2.34. The minimum absolute atomic E-state index is 0.588. The van der Waals surface area contributed by atoms with Crippen molar-refractivity contribution >= 4 is 23.4 Å². The summed E-state index contributed by atoms with van der Waals surface area (Å²) in [6, 6.07) is 7.32. The second-order valence-electron chi connectivity index (χ2n) is 3.56. The van der Waals surface area contributed by atoms with Crippen LogP contribution in [0.1, 0.15) is 5.82 Å². The first kappa shape index (κ1) is 12.1. The molecule has 0 aliphatic carbocycles. The number of hydrogen-bond acceptors (Lipinski definition) is 6. The van der Waals surface area contributed by atoms with Gasteiger partial charge in [-0.3, -0.25) is 5.10 Å². The van der Waals surface area contributed by atoms with Crippen LogP contribution in [0.3, 0.4) is 0 Å². The largest absolute Gasteiger partial charge is 0.254 e. The zero-order valence-corrected chi connectivity index (χ0v) is 11.1. The van der Waals surface area contributed by atoms with Crippen molar-refractivity contribution in [2.24, 2.45) is 0 Å². The summed E-state index contributed by atoms with van der Waals surface area (Å²) in [7, 11) is 0. The highest BCUT2D eigenvalue weighted by Crippen LogP contribution is 2.19. The second kappa shape index (κ2) is 5.37. The van der Waals surface area contributed by atoms with Crippen LogP contribution in [-0.4, -0.2) is 35.4 Å². The summed E-state index contributed by atoms with van der Waals surface area (Å²) < 4.78 is 1.67. The van der Waals surface area contributed by atoms with Crippen molar-refractivity contribution in [3.05, 3.63) is 41.4 Å². The number of rotatable bonds is 4. The van der Waals surface area contributed by atoms with Gasteiger partial charge >= 0.3 is 0 Å². The van der Waals surface area contributed by atoms with E-state index in [1.807, 2.05) is 12.1 Å². The molecule has 7 nitrogen and oxygen atoms in total. The number of aromatic nitrogens is 7. The van der Waals surface area contributed by atoms with Gasteiger partial charge in [-0.05, 0) is 34.7 Å². The number of thioether (sulfide) groups is 1. The lowest BCUT2D eigenvalue weighted by atomic mass is 10.3. The van der Waals surface area contributed by atoms with Crippen LogP contribution in [-0.2, 0) is 5.75 Å². The van der Waals surface area contributed by atoms with Gasteiger partial charge in [0.25, 0.3) is 0 Å². The van der Waals surface area contributed by atoms with Gasteiger partial charge in [-0.2, -0.15) is 9.78 Å². The summed E-state index contributed by atoms with van der Waals surface area (Å²) in [5.74, 6) is 1.31. The van der Waals surface area contributed by atoms with E-state index in [0.717, 1.165) is 16.7 Å². The molecule has 0 unspecified atom stereocenters. The zero-order valence-electron chi connectivity index (χ0n) is 9.56. The lowest BCUT2D eigenvalue weighted by Crippen LogP contribution is -2.02. The highest BCUT2D eigenvalue weighted by atomic mass is 35.5. The lowest BCUT2D eigenvalue weighted by Gasteiger charge is -2.03. The smallest absolute Gasteiger partial charge is 0.183 e. The topological polar surface area (TPSA) is 85.2 Å². The predicted molar refractivity (Wildman–Crippen MR) is 70.1 cm³/mol. The summed E-state index contributed by atoms with van der Waals surface area (Å²) in [5, 5.41) is 19.6. The Morgan fingerprint density at radius 1 is 1.26 bits per heavy atom. The maximum atomic E-state index is 5.86. The van der Waals surface area contributed by atoms with E-state index in [1.165, 1.54) is 18.1 Å². The van der Waals surface area contributed by atoms with Gasteiger partial charge in [0.15, 0.2) is 11.0 Å². The molecule has 0 atom stereocenters. The van der Waals surface area contributed by atoms with Gasteiger partial charge in [0.05, 0.1) is 11.4 Å². The van der Waals surface area contributed by atoms with E-state index in [0.29, 0.717) is 10.8 Å². The zero-order chi connectivity index (χ0) is 13.1. The second-order valence-corrected chi connectivity index (χ2v) is 4.96. The van der Waals surface area contributed by atoms with Gasteiger partial charge in [-0.1, -0.05) is 23.4 Å². The van der Waals surface area contributed by atoms with Crippen molar-refractivity contribution in [1.82, 2.24) is 35.4 Å². The molecular formula is C10H8ClN7S. The molecule has 0 aliphatic heterocycles. The molecule has 0 spiro atoms. The molecule has 0 radical (unpaired) electrons. The summed E-state index contributed by atoms with van der Waals surface area (Å²) in [4.78, 5) is 4.03. The number of benzene rings is 1. The molecule has 0 saturated carbocycles. The van der Waals surface area contributed by atoms with Gasteiger partial charge in [-0.25, -0.2) is 4.98 Å².